The molecule has 0 aliphatic heterocycles. The summed E-state index contributed by atoms with van der Waals surface area (Å²) in [6, 6.07) is 16.1. The van der Waals surface area contributed by atoms with E-state index in [1.54, 1.807) is 37.4 Å². The maximum absolute atomic E-state index is 12.1. The highest BCUT2D eigenvalue weighted by Gasteiger charge is 2.14. The second kappa shape index (κ2) is 8.85. The predicted octanol–water partition coefficient (Wildman–Crippen LogP) is 2.07. The summed E-state index contributed by atoms with van der Waals surface area (Å²) in [7, 11) is 0. The van der Waals surface area contributed by atoms with Crippen molar-refractivity contribution in [1.82, 2.24) is 21.2 Å². The van der Waals surface area contributed by atoms with Crippen molar-refractivity contribution in [3.05, 3.63) is 71.9 Å². The van der Waals surface area contributed by atoms with Crippen molar-refractivity contribution in [2.45, 2.75) is 25.8 Å². The molecule has 3 aromatic rings. The highest BCUT2D eigenvalue weighted by molar-refractivity contribution is 5.94. The molecular weight excluding hydrogens is 356 g/mol. The molecule has 0 bridgehead atoms. The normalized spacial score (nSPS) is 11.6. The minimum atomic E-state index is -0.381. The fraction of sp³-hybridized carbons (Fsp3) is 0.190. The number of hydrogen-bond donors (Lipinski definition) is 4. The topological polar surface area (TPSA) is 103 Å². The number of aromatic nitrogens is 1. The third kappa shape index (κ3) is 4.97. The van der Waals surface area contributed by atoms with E-state index in [9.17, 15) is 14.4 Å². The average molecular weight is 378 g/mol. The first-order valence-corrected chi connectivity index (χ1v) is 9.01. The van der Waals surface area contributed by atoms with Crippen molar-refractivity contribution < 1.29 is 14.4 Å². The van der Waals surface area contributed by atoms with Crippen molar-refractivity contribution in [3.8, 4) is 0 Å². The molecule has 0 spiro atoms. The fourth-order valence-corrected chi connectivity index (χ4v) is 2.91. The van der Waals surface area contributed by atoms with Gasteiger partial charge in [0.05, 0.1) is 6.42 Å². The van der Waals surface area contributed by atoms with Crippen LogP contribution in [0.3, 0.4) is 0 Å². The maximum Gasteiger partial charge on any atom is 0.251 e. The van der Waals surface area contributed by atoms with E-state index in [2.05, 4.69) is 21.2 Å². The molecule has 2 aromatic carbocycles. The minimum Gasteiger partial charge on any atom is -0.361 e. The van der Waals surface area contributed by atoms with Crippen LogP contribution in [0.2, 0.25) is 0 Å². The number of amides is 3. The number of benzene rings is 2. The van der Waals surface area contributed by atoms with Gasteiger partial charge in [0, 0.05) is 35.1 Å². The molecular formula is C21H22N4O3. The molecule has 1 heterocycles. The van der Waals surface area contributed by atoms with Gasteiger partial charge in [0.2, 0.25) is 11.8 Å². The van der Waals surface area contributed by atoms with E-state index in [-0.39, 0.29) is 36.6 Å². The van der Waals surface area contributed by atoms with Crippen LogP contribution in [0.5, 0.6) is 0 Å². The summed E-state index contributed by atoms with van der Waals surface area (Å²) in [4.78, 5) is 39.3. The van der Waals surface area contributed by atoms with Gasteiger partial charge in [0.1, 0.15) is 0 Å². The molecule has 3 rings (SSSR count). The Morgan fingerprint density at radius 2 is 1.61 bits per heavy atom. The average Bonchev–Trinajstić information content (AvgIpc) is 3.10. The quantitative estimate of drug-likeness (QED) is 0.494. The molecule has 144 valence electrons. The number of hydrazine groups is 1. The molecule has 0 aliphatic carbocycles. The monoisotopic (exact) mass is 378 g/mol. The number of carbonyl (C=O) groups excluding carboxylic acids is 3. The third-order valence-corrected chi connectivity index (χ3v) is 4.27. The van der Waals surface area contributed by atoms with Gasteiger partial charge < -0.3 is 10.3 Å². The van der Waals surface area contributed by atoms with E-state index in [4.69, 9.17) is 0 Å². The molecule has 7 heteroatoms. The van der Waals surface area contributed by atoms with Crippen molar-refractivity contribution in [2.75, 3.05) is 0 Å². The number of aromatic amines is 1. The minimum absolute atomic E-state index is 0.0476. The van der Waals surface area contributed by atoms with Crippen LogP contribution < -0.4 is 16.2 Å². The Morgan fingerprint density at radius 1 is 0.929 bits per heavy atom. The number of para-hydroxylation sites is 1. The van der Waals surface area contributed by atoms with Crippen LogP contribution >= 0.6 is 0 Å². The zero-order valence-corrected chi connectivity index (χ0v) is 15.5. The Hall–Kier alpha value is -3.61. The summed E-state index contributed by atoms with van der Waals surface area (Å²) in [5, 5.41) is 3.73. The molecule has 1 aromatic heterocycles. The van der Waals surface area contributed by atoms with Gasteiger partial charge in [0.15, 0.2) is 0 Å². The second-order valence-electron chi connectivity index (χ2n) is 6.58. The lowest BCUT2D eigenvalue weighted by Crippen LogP contribution is -2.45. The number of nitrogens with one attached hydrogen (secondary N) is 4. The smallest absolute Gasteiger partial charge is 0.251 e. The Morgan fingerprint density at radius 3 is 2.39 bits per heavy atom. The van der Waals surface area contributed by atoms with Crippen LogP contribution in [-0.2, 0) is 16.0 Å². The molecule has 0 fully saturated rings. The Kier molecular flexibility index (Phi) is 6.06. The Labute approximate surface area is 162 Å². The summed E-state index contributed by atoms with van der Waals surface area (Å²) in [6.07, 6.45) is 1.98. The van der Waals surface area contributed by atoms with Gasteiger partial charge in [0.25, 0.3) is 5.91 Å². The van der Waals surface area contributed by atoms with Crippen LogP contribution in [0.15, 0.2) is 60.8 Å². The molecule has 3 amide bonds. The summed E-state index contributed by atoms with van der Waals surface area (Å²) in [5.74, 6) is -0.948. The van der Waals surface area contributed by atoms with Gasteiger partial charge in [-0.15, -0.1) is 0 Å². The highest BCUT2D eigenvalue weighted by atomic mass is 16.2. The molecule has 0 saturated carbocycles. The lowest BCUT2D eigenvalue weighted by atomic mass is 10.1. The first-order valence-electron chi connectivity index (χ1n) is 9.01. The fourth-order valence-electron chi connectivity index (χ4n) is 2.91. The maximum atomic E-state index is 12.1. The van der Waals surface area contributed by atoms with Crippen LogP contribution in [0.25, 0.3) is 10.9 Å². The molecule has 4 N–H and O–H groups in total. The van der Waals surface area contributed by atoms with Gasteiger partial charge in [-0.2, -0.15) is 0 Å². The largest absolute Gasteiger partial charge is 0.361 e. The first-order chi connectivity index (χ1) is 13.5. The summed E-state index contributed by atoms with van der Waals surface area (Å²) in [5.41, 5.74) is 7.14. The molecule has 1 atom stereocenters. The molecule has 0 aliphatic rings. The number of H-pyrrole nitrogens is 1. The third-order valence-electron chi connectivity index (χ3n) is 4.27. The summed E-state index contributed by atoms with van der Waals surface area (Å²) in [6.45, 7) is 1.73. The van der Waals surface area contributed by atoms with E-state index >= 15 is 0 Å². The van der Waals surface area contributed by atoms with E-state index in [1.807, 2.05) is 30.3 Å². The van der Waals surface area contributed by atoms with Crippen molar-refractivity contribution >= 4 is 28.6 Å². The zero-order valence-electron chi connectivity index (χ0n) is 15.5. The summed E-state index contributed by atoms with van der Waals surface area (Å²) < 4.78 is 0. The van der Waals surface area contributed by atoms with Crippen molar-refractivity contribution in [2.24, 2.45) is 0 Å². The van der Waals surface area contributed by atoms with Gasteiger partial charge in [-0.25, -0.2) is 0 Å². The van der Waals surface area contributed by atoms with Crippen LogP contribution in [0.1, 0.15) is 29.3 Å². The van der Waals surface area contributed by atoms with E-state index in [0.717, 1.165) is 16.5 Å². The molecule has 7 nitrogen and oxygen atoms in total. The van der Waals surface area contributed by atoms with E-state index < -0.39 is 0 Å². The lowest BCUT2D eigenvalue weighted by molar-refractivity contribution is -0.128. The van der Waals surface area contributed by atoms with Gasteiger partial charge in [-0.3, -0.25) is 25.2 Å². The number of rotatable bonds is 6. The van der Waals surface area contributed by atoms with Gasteiger partial charge >= 0.3 is 0 Å². The number of carbonyl (C=O) groups is 3. The number of fused-ring (bicyclic) bond motifs is 1. The zero-order chi connectivity index (χ0) is 19.9. The van der Waals surface area contributed by atoms with Crippen molar-refractivity contribution in [3.63, 3.8) is 0 Å². The molecule has 1 unspecified atom stereocenters. The standard InChI is InChI=1S/C21H22N4O3/c1-14(23-21(28)15-7-3-2-4-8-15)11-19(26)24-25-20(27)12-16-13-22-18-10-6-5-9-17(16)18/h2-10,13-14,22H,11-12H2,1H3,(H,23,28)(H,24,26)(H,25,27). The Bertz CT molecular complexity index is 981. The predicted molar refractivity (Wildman–Crippen MR) is 106 cm³/mol. The van der Waals surface area contributed by atoms with Gasteiger partial charge in [-0.1, -0.05) is 36.4 Å². The summed E-state index contributed by atoms with van der Waals surface area (Å²) >= 11 is 0. The SMILES string of the molecule is CC(CC(=O)NNC(=O)Cc1c[nH]c2ccccc12)NC(=O)c1ccccc1. The van der Waals surface area contributed by atoms with E-state index in [0.29, 0.717) is 5.56 Å². The number of hydrogen-bond acceptors (Lipinski definition) is 3. The van der Waals surface area contributed by atoms with E-state index in [1.165, 1.54) is 0 Å². The lowest BCUT2D eigenvalue weighted by Gasteiger charge is -2.14. The first kappa shape index (κ1) is 19.2. The Balaban J connectivity index is 1.43. The van der Waals surface area contributed by atoms with Gasteiger partial charge in [-0.05, 0) is 30.7 Å². The van der Waals surface area contributed by atoms with Crippen molar-refractivity contribution in [1.29, 1.82) is 0 Å². The van der Waals surface area contributed by atoms with Crippen LogP contribution in [0.4, 0.5) is 0 Å². The molecule has 0 radical (unpaired) electrons. The second-order valence-corrected chi connectivity index (χ2v) is 6.58. The highest BCUT2D eigenvalue weighted by Crippen LogP contribution is 2.17. The molecule has 0 saturated heterocycles. The van der Waals surface area contributed by atoms with Crippen LogP contribution in [0, 0.1) is 0 Å². The molecule has 28 heavy (non-hydrogen) atoms. The van der Waals surface area contributed by atoms with Crippen LogP contribution in [-0.4, -0.2) is 28.7 Å².